The highest BCUT2D eigenvalue weighted by Crippen LogP contribution is 2.36. The van der Waals surface area contributed by atoms with E-state index in [0.29, 0.717) is 11.8 Å². The van der Waals surface area contributed by atoms with Gasteiger partial charge in [-0.05, 0) is 24.0 Å². The first-order chi connectivity index (χ1) is 7.45. The molecular weight excluding hydrogens is 188 g/mol. The second kappa shape index (κ2) is 4.11. The summed E-state index contributed by atoms with van der Waals surface area (Å²) in [5, 5.41) is 0. The van der Waals surface area contributed by atoms with Gasteiger partial charge in [-0.25, -0.2) is 0 Å². The maximum atomic E-state index is 5.70. The van der Waals surface area contributed by atoms with Gasteiger partial charge < -0.3 is 9.47 Å². The van der Waals surface area contributed by atoms with Gasteiger partial charge in [0.2, 0.25) is 0 Å². The Morgan fingerprint density at radius 3 is 2.73 bits per heavy atom. The summed E-state index contributed by atoms with van der Waals surface area (Å²) in [4.78, 5) is 0. The number of hydrogen-bond donors (Lipinski definition) is 0. The van der Waals surface area contributed by atoms with Crippen LogP contribution in [0, 0.1) is 11.8 Å². The highest BCUT2D eigenvalue weighted by molar-refractivity contribution is 5.33. The second-order valence-electron chi connectivity index (χ2n) is 4.71. The lowest BCUT2D eigenvalue weighted by molar-refractivity contribution is 0.135. The predicted molar refractivity (Wildman–Crippen MR) is 58.6 cm³/mol. The minimum absolute atomic E-state index is 0.555. The molecule has 0 aromatic carbocycles. The lowest BCUT2D eigenvalue weighted by Gasteiger charge is -2.27. The molecule has 15 heavy (non-hydrogen) atoms. The zero-order chi connectivity index (χ0) is 10.1. The smallest absolute Gasteiger partial charge is 0.0687 e. The summed E-state index contributed by atoms with van der Waals surface area (Å²) in [7, 11) is 0. The molecule has 0 aromatic rings. The third-order valence-electron chi connectivity index (χ3n) is 3.75. The summed E-state index contributed by atoms with van der Waals surface area (Å²) >= 11 is 0. The van der Waals surface area contributed by atoms with Crippen molar-refractivity contribution in [1.82, 2.24) is 0 Å². The number of ether oxygens (including phenoxy) is 2. The van der Waals surface area contributed by atoms with Crippen molar-refractivity contribution in [2.45, 2.75) is 19.3 Å². The van der Waals surface area contributed by atoms with Crippen LogP contribution in [0.1, 0.15) is 19.3 Å². The molecule has 3 rings (SSSR count). The zero-order valence-corrected chi connectivity index (χ0v) is 9.08. The molecule has 2 aliphatic heterocycles. The zero-order valence-electron chi connectivity index (χ0n) is 9.08. The molecule has 2 fully saturated rings. The van der Waals surface area contributed by atoms with E-state index in [1.807, 2.05) is 0 Å². The van der Waals surface area contributed by atoms with Crippen molar-refractivity contribution in [3.05, 3.63) is 23.3 Å². The van der Waals surface area contributed by atoms with E-state index in [4.69, 9.17) is 9.47 Å². The third-order valence-corrected chi connectivity index (χ3v) is 3.75. The largest absolute Gasteiger partial charge is 0.377 e. The average Bonchev–Trinajstić information content (AvgIpc) is 2.65. The number of rotatable bonds is 0. The first-order valence-corrected chi connectivity index (χ1v) is 6.01. The van der Waals surface area contributed by atoms with Crippen LogP contribution in [-0.2, 0) is 9.47 Å². The van der Waals surface area contributed by atoms with Crippen LogP contribution in [0.15, 0.2) is 23.3 Å². The predicted octanol–water partition coefficient (Wildman–Crippen LogP) is 2.32. The Balaban J connectivity index is 1.88. The van der Waals surface area contributed by atoms with Crippen molar-refractivity contribution in [3.63, 3.8) is 0 Å². The fourth-order valence-corrected chi connectivity index (χ4v) is 2.85. The molecule has 0 bridgehead atoms. The highest BCUT2D eigenvalue weighted by Gasteiger charge is 2.29. The fraction of sp³-hybridized carbons (Fsp3) is 0.692. The number of allylic oxidation sites excluding steroid dienone is 1. The molecule has 0 amide bonds. The van der Waals surface area contributed by atoms with Crippen molar-refractivity contribution >= 4 is 0 Å². The summed E-state index contributed by atoms with van der Waals surface area (Å²) < 4.78 is 11.3. The summed E-state index contributed by atoms with van der Waals surface area (Å²) in [6, 6.07) is 0. The lowest BCUT2D eigenvalue weighted by atomic mass is 9.81. The van der Waals surface area contributed by atoms with Gasteiger partial charge in [-0.1, -0.05) is 18.6 Å². The van der Waals surface area contributed by atoms with Gasteiger partial charge in [0.15, 0.2) is 0 Å². The van der Waals surface area contributed by atoms with Gasteiger partial charge in [0.25, 0.3) is 0 Å². The van der Waals surface area contributed by atoms with E-state index >= 15 is 0 Å². The molecule has 0 N–H and O–H groups in total. The maximum absolute atomic E-state index is 5.70. The molecule has 1 aliphatic carbocycles. The van der Waals surface area contributed by atoms with Crippen molar-refractivity contribution in [1.29, 1.82) is 0 Å². The minimum Gasteiger partial charge on any atom is -0.377 e. The molecule has 2 heterocycles. The topological polar surface area (TPSA) is 18.5 Å². The summed E-state index contributed by atoms with van der Waals surface area (Å²) in [5.41, 5.74) is 3.05. The van der Waals surface area contributed by atoms with E-state index < -0.39 is 0 Å². The SMILES string of the molecule is C1=C[C@@H]2CCCCOCC2=C2COCC12. The molecular formula is C13H18O2. The van der Waals surface area contributed by atoms with Crippen molar-refractivity contribution in [2.75, 3.05) is 26.4 Å². The van der Waals surface area contributed by atoms with E-state index in [9.17, 15) is 0 Å². The molecule has 3 aliphatic rings. The van der Waals surface area contributed by atoms with Crippen LogP contribution in [0.25, 0.3) is 0 Å². The van der Waals surface area contributed by atoms with Crippen molar-refractivity contribution in [2.24, 2.45) is 11.8 Å². The van der Waals surface area contributed by atoms with Gasteiger partial charge in [-0.15, -0.1) is 0 Å². The van der Waals surface area contributed by atoms with Crippen LogP contribution in [-0.4, -0.2) is 26.4 Å². The van der Waals surface area contributed by atoms with E-state index in [0.717, 1.165) is 26.4 Å². The first-order valence-electron chi connectivity index (χ1n) is 6.01. The molecule has 82 valence electrons. The molecule has 0 aromatic heterocycles. The molecule has 0 spiro atoms. The Morgan fingerprint density at radius 1 is 0.933 bits per heavy atom. The van der Waals surface area contributed by atoms with Crippen molar-refractivity contribution < 1.29 is 9.47 Å². The van der Waals surface area contributed by atoms with Gasteiger partial charge >= 0.3 is 0 Å². The van der Waals surface area contributed by atoms with Gasteiger partial charge in [0, 0.05) is 18.4 Å². The normalized spacial score (nSPS) is 35.7. The van der Waals surface area contributed by atoms with E-state index in [1.165, 1.54) is 30.4 Å². The van der Waals surface area contributed by atoms with E-state index in [2.05, 4.69) is 12.2 Å². The summed E-state index contributed by atoms with van der Waals surface area (Å²) in [6.45, 7) is 3.48. The van der Waals surface area contributed by atoms with Crippen molar-refractivity contribution in [3.8, 4) is 0 Å². The van der Waals surface area contributed by atoms with Crippen LogP contribution in [0.4, 0.5) is 0 Å². The van der Waals surface area contributed by atoms with E-state index in [1.54, 1.807) is 0 Å². The highest BCUT2D eigenvalue weighted by atomic mass is 16.5. The van der Waals surface area contributed by atoms with Crippen LogP contribution in [0.3, 0.4) is 0 Å². The summed E-state index contributed by atoms with van der Waals surface area (Å²) in [5.74, 6) is 1.19. The quantitative estimate of drug-likeness (QED) is 0.566. The minimum atomic E-state index is 0.555. The Labute approximate surface area is 90.9 Å². The average molecular weight is 206 g/mol. The second-order valence-corrected chi connectivity index (χ2v) is 4.71. The monoisotopic (exact) mass is 206 g/mol. The van der Waals surface area contributed by atoms with Crippen LogP contribution >= 0.6 is 0 Å². The van der Waals surface area contributed by atoms with Gasteiger partial charge in [0.05, 0.1) is 19.8 Å². The number of fused-ring (bicyclic) bond motifs is 2. The Bertz CT molecular complexity index is 304. The third kappa shape index (κ3) is 1.77. The van der Waals surface area contributed by atoms with E-state index in [-0.39, 0.29) is 0 Å². The van der Waals surface area contributed by atoms with Crippen LogP contribution in [0.5, 0.6) is 0 Å². The molecule has 0 radical (unpaired) electrons. The van der Waals surface area contributed by atoms with Gasteiger partial charge in [-0.2, -0.15) is 0 Å². The van der Waals surface area contributed by atoms with Gasteiger partial charge in [0.1, 0.15) is 0 Å². The first kappa shape index (κ1) is 9.61. The molecule has 2 saturated heterocycles. The number of hydrogen-bond acceptors (Lipinski definition) is 2. The molecule has 1 unspecified atom stereocenters. The molecule has 2 heteroatoms. The Hall–Kier alpha value is -0.600. The Morgan fingerprint density at radius 2 is 1.73 bits per heavy atom. The van der Waals surface area contributed by atoms with Gasteiger partial charge in [-0.3, -0.25) is 0 Å². The maximum Gasteiger partial charge on any atom is 0.0687 e. The molecule has 2 nitrogen and oxygen atoms in total. The van der Waals surface area contributed by atoms with Crippen LogP contribution < -0.4 is 0 Å². The molecule has 0 saturated carbocycles. The molecule has 2 atom stereocenters. The lowest BCUT2D eigenvalue weighted by Crippen LogP contribution is -2.20. The fourth-order valence-electron chi connectivity index (χ4n) is 2.85. The Kier molecular flexibility index (Phi) is 2.63. The van der Waals surface area contributed by atoms with Crippen LogP contribution in [0.2, 0.25) is 0 Å². The summed E-state index contributed by atoms with van der Waals surface area (Å²) in [6.07, 6.45) is 8.53. The standard InChI is InChI=1S/C13H18O2/c1-2-6-14-8-12-10(3-1)4-5-11-7-15-9-13(11)12/h4-5,10-11H,1-3,6-9H2/t10-,11?/m0/s1.